The number of carbonyl (C=O) groups is 3. The van der Waals surface area contributed by atoms with Gasteiger partial charge in [0.05, 0.1) is 21.3 Å². The topological polar surface area (TPSA) is 88.6 Å². The second kappa shape index (κ2) is 9.17. The molecule has 0 fully saturated rings. The van der Waals surface area contributed by atoms with Gasteiger partial charge < -0.3 is 10.1 Å². The van der Waals surface area contributed by atoms with E-state index in [0.29, 0.717) is 29.8 Å². The van der Waals surface area contributed by atoms with E-state index in [1.54, 1.807) is 24.5 Å². The molecule has 0 radical (unpaired) electrons. The third-order valence-corrected chi connectivity index (χ3v) is 6.73. The smallest absolute Gasteiger partial charge is 0.261 e. The summed E-state index contributed by atoms with van der Waals surface area (Å²) in [6.07, 6.45) is 0.558. The van der Waals surface area contributed by atoms with E-state index in [1.807, 2.05) is 48.5 Å². The molecule has 5 rings (SSSR count). The van der Waals surface area contributed by atoms with E-state index < -0.39 is 0 Å². The SMILES string of the molecule is COCCCN1C(=O)c2ccc(C(=O)Nc3ccc(-c4nc5ccccc5s4)cc3)cc2C1=O. The fourth-order valence-electron chi connectivity index (χ4n) is 3.90. The lowest BCUT2D eigenvalue weighted by Gasteiger charge is -2.12. The maximum Gasteiger partial charge on any atom is 0.261 e. The van der Waals surface area contributed by atoms with E-state index in [-0.39, 0.29) is 29.8 Å². The van der Waals surface area contributed by atoms with Crippen molar-refractivity contribution in [3.63, 3.8) is 0 Å². The van der Waals surface area contributed by atoms with Crippen molar-refractivity contribution in [2.75, 3.05) is 25.6 Å². The van der Waals surface area contributed by atoms with Gasteiger partial charge >= 0.3 is 0 Å². The van der Waals surface area contributed by atoms with E-state index in [1.165, 1.54) is 17.0 Å². The molecule has 7 nitrogen and oxygen atoms in total. The van der Waals surface area contributed by atoms with Gasteiger partial charge in [-0.1, -0.05) is 12.1 Å². The second-order valence-electron chi connectivity index (χ2n) is 7.89. The molecule has 1 aromatic heterocycles. The van der Waals surface area contributed by atoms with Crippen molar-refractivity contribution >= 4 is 45.0 Å². The van der Waals surface area contributed by atoms with E-state index in [0.717, 1.165) is 20.8 Å². The Hall–Kier alpha value is -3.88. The van der Waals surface area contributed by atoms with Crippen molar-refractivity contribution in [3.05, 3.63) is 83.4 Å². The monoisotopic (exact) mass is 471 g/mol. The number of aromatic nitrogens is 1. The zero-order valence-electron chi connectivity index (χ0n) is 18.4. The first kappa shape index (κ1) is 21.9. The highest BCUT2D eigenvalue weighted by Crippen LogP contribution is 2.31. The lowest BCUT2D eigenvalue weighted by atomic mass is 10.1. The number of nitrogens with one attached hydrogen (secondary N) is 1. The normalized spacial score (nSPS) is 12.9. The molecule has 0 aliphatic carbocycles. The summed E-state index contributed by atoms with van der Waals surface area (Å²) in [5, 5.41) is 3.76. The number of nitrogens with zero attached hydrogens (tertiary/aromatic N) is 2. The molecule has 0 saturated heterocycles. The molecule has 1 N–H and O–H groups in total. The maximum atomic E-state index is 12.8. The molecular formula is C26H21N3O4S. The molecular weight excluding hydrogens is 450 g/mol. The van der Waals surface area contributed by atoms with Crippen LogP contribution >= 0.6 is 11.3 Å². The number of carbonyl (C=O) groups excluding carboxylic acids is 3. The molecule has 2 heterocycles. The van der Waals surface area contributed by atoms with Crippen LogP contribution in [0.15, 0.2) is 66.7 Å². The number of fused-ring (bicyclic) bond motifs is 2. The van der Waals surface area contributed by atoms with Crippen molar-refractivity contribution < 1.29 is 19.1 Å². The maximum absolute atomic E-state index is 12.8. The van der Waals surface area contributed by atoms with Crippen LogP contribution < -0.4 is 5.32 Å². The number of thiazole rings is 1. The third kappa shape index (κ3) is 4.09. The van der Waals surface area contributed by atoms with Crippen molar-refractivity contribution in [2.24, 2.45) is 0 Å². The van der Waals surface area contributed by atoms with Crippen LogP contribution in [0.5, 0.6) is 0 Å². The Balaban J connectivity index is 1.30. The molecule has 4 aromatic rings. The molecule has 0 atom stereocenters. The van der Waals surface area contributed by atoms with Crippen LogP contribution in [0.25, 0.3) is 20.8 Å². The molecule has 34 heavy (non-hydrogen) atoms. The number of rotatable bonds is 7. The lowest BCUT2D eigenvalue weighted by Crippen LogP contribution is -2.31. The standard InChI is InChI=1S/C26H21N3O4S/c1-33-14-4-13-29-25(31)19-12-9-17(15-20(19)26(29)32)23(30)27-18-10-7-16(8-11-18)24-28-21-5-2-3-6-22(21)34-24/h2-3,5-12,15H,4,13-14H2,1H3,(H,27,30). The summed E-state index contributed by atoms with van der Waals surface area (Å²) in [7, 11) is 1.57. The van der Waals surface area contributed by atoms with Crippen LogP contribution in [0.3, 0.4) is 0 Å². The van der Waals surface area contributed by atoms with Gasteiger partial charge in [-0.3, -0.25) is 19.3 Å². The summed E-state index contributed by atoms with van der Waals surface area (Å²) < 4.78 is 6.12. The Morgan fingerprint density at radius 2 is 1.76 bits per heavy atom. The number of para-hydroxylation sites is 1. The van der Waals surface area contributed by atoms with Gasteiger partial charge in [0, 0.05) is 37.1 Å². The van der Waals surface area contributed by atoms with Crippen molar-refractivity contribution in [3.8, 4) is 10.6 Å². The second-order valence-corrected chi connectivity index (χ2v) is 8.92. The average Bonchev–Trinajstić information content (AvgIpc) is 3.39. The predicted octanol–water partition coefficient (Wildman–Crippen LogP) is 4.85. The molecule has 3 aromatic carbocycles. The summed E-state index contributed by atoms with van der Waals surface area (Å²) in [6.45, 7) is 0.738. The number of methoxy groups -OCH3 is 1. The summed E-state index contributed by atoms with van der Waals surface area (Å²) in [4.78, 5) is 43.9. The number of hydrogen-bond donors (Lipinski definition) is 1. The van der Waals surface area contributed by atoms with Crippen molar-refractivity contribution in [1.29, 1.82) is 0 Å². The van der Waals surface area contributed by atoms with E-state index in [2.05, 4.69) is 10.3 Å². The van der Waals surface area contributed by atoms with Gasteiger partial charge in [-0.05, 0) is 61.0 Å². The van der Waals surface area contributed by atoms with Gasteiger partial charge in [-0.15, -0.1) is 11.3 Å². The summed E-state index contributed by atoms with van der Waals surface area (Å²) in [5.74, 6) is -1.08. The Morgan fingerprint density at radius 3 is 2.53 bits per heavy atom. The number of amides is 3. The van der Waals surface area contributed by atoms with E-state index in [4.69, 9.17) is 4.74 Å². The summed E-state index contributed by atoms with van der Waals surface area (Å²) in [6, 6.07) is 20.0. The molecule has 170 valence electrons. The third-order valence-electron chi connectivity index (χ3n) is 5.65. The van der Waals surface area contributed by atoms with Crippen LogP contribution in [0.1, 0.15) is 37.5 Å². The zero-order chi connectivity index (χ0) is 23.7. The molecule has 1 aliphatic heterocycles. The minimum absolute atomic E-state index is 0.251. The zero-order valence-corrected chi connectivity index (χ0v) is 19.2. The van der Waals surface area contributed by atoms with Crippen LogP contribution in [-0.2, 0) is 4.74 Å². The Labute approximate surface area is 200 Å². The minimum atomic E-state index is -0.383. The van der Waals surface area contributed by atoms with Gasteiger partial charge in [-0.25, -0.2) is 4.98 Å². The van der Waals surface area contributed by atoms with Gasteiger partial charge in [0.2, 0.25) is 0 Å². The summed E-state index contributed by atoms with van der Waals surface area (Å²) >= 11 is 1.62. The van der Waals surface area contributed by atoms with E-state index >= 15 is 0 Å². The highest BCUT2D eigenvalue weighted by atomic mass is 32.1. The fourth-order valence-corrected chi connectivity index (χ4v) is 4.87. The minimum Gasteiger partial charge on any atom is -0.385 e. The fraction of sp³-hybridized carbons (Fsp3) is 0.154. The Kier molecular flexibility index (Phi) is 5.91. The molecule has 0 bridgehead atoms. The number of benzene rings is 3. The van der Waals surface area contributed by atoms with Gasteiger partial charge in [0.1, 0.15) is 5.01 Å². The quantitative estimate of drug-likeness (QED) is 0.308. The number of imide groups is 1. The van der Waals surface area contributed by atoms with Crippen molar-refractivity contribution in [1.82, 2.24) is 9.88 Å². The number of anilines is 1. The first-order valence-corrected chi connectivity index (χ1v) is 11.6. The highest BCUT2D eigenvalue weighted by Gasteiger charge is 2.35. The van der Waals surface area contributed by atoms with Crippen molar-refractivity contribution in [2.45, 2.75) is 6.42 Å². The number of hydrogen-bond acceptors (Lipinski definition) is 6. The molecule has 1 aliphatic rings. The van der Waals surface area contributed by atoms with Crippen LogP contribution in [0.2, 0.25) is 0 Å². The van der Waals surface area contributed by atoms with Gasteiger partial charge in [-0.2, -0.15) is 0 Å². The first-order valence-electron chi connectivity index (χ1n) is 10.8. The summed E-state index contributed by atoms with van der Waals surface area (Å²) in [5.41, 5.74) is 3.43. The van der Waals surface area contributed by atoms with E-state index in [9.17, 15) is 14.4 Å². The Bertz CT molecular complexity index is 1380. The van der Waals surface area contributed by atoms with Crippen LogP contribution in [0.4, 0.5) is 5.69 Å². The molecule has 0 unspecified atom stereocenters. The molecule has 3 amide bonds. The average molecular weight is 472 g/mol. The van der Waals surface area contributed by atoms with Gasteiger partial charge in [0.15, 0.2) is 0 Å². The molecule has 0 saturated carbocycles. The molecule has 0 spiro atoms. The van der Waals surface area contributed by atoms with Crippen LogP contribution in [-0.4, -0.2) is 47.9 Å². The predicted molar refractivity (Wildman–Crippen MR) is 131 cm³/mol. The number of ether oxygens (including phenoxy) is 1. The highest BCUT2D eigenvalue weighted by molar-refractivity contribution is 7.21. The van der Waals surface area contributed by atoms with Gasteiger partial charge in [0.25, 0.3) is 17.7 Å². The Morgan fingerprint density at radius 1 is 1.00 bits per heavy atom. The lowest BCUT2D eigenvalue weighted by molar-refractivity contribution is 0.0638. The molecule has 8 heteroatoms. The first-order chi connectivity index (χ1) is 16.5. The largest absolute Gasteiger partial charge is 0.385 e. The van der Waals surface area contributed by atoms with Crippen LogP contribution in [0, 0.1) is 0 Å².